The first-order chi connectivity index (χ1) is 12.4. The molecule has 0 bridgehead atoms. The molecule has 0 aliphatic rings. The number of hydrogen-bond acceptors (Lipinski definition) is 5. The van der Waals surface area contributed by atoms with Gasteiger partial charge >= 0.3 is 0 Å². The van der Waals surface area contributed by atoms with Crippen LogP contribution in [0.2, 0.25) is 0 Å². The highest BCUT2D eigenvalue weighted by Gasteiger charge is 2.11. The molecule has 3 aromatic rings. The molecule has 1 aromatic heterocycles. The lowest BCUT2D eigenvalue weighted by molar-refractivity contribution is 0.102. The predicted octanol–water partition coefficient (Wildman–Crippen LogP) is 2.53. The number of carbonyl (C=O) groups is 1. The number of nitrogens with two attached hydrogens (primary N) is 1. The minimum atomic E-state index is -3.77. The number of hydrogen-bond donors (Lipinski definition) is 2. The predicted molar refractivity (Wildman–Crippen MR) is 98.7 cm³/mol. The summed E-state index contributed by atoms with van der Waals surface area (Å²) in [6.07, 6.45) is 0. The van der Waals surface area contributed by atoms with Crippen LogP contribution < -0.4 is 15.2 Å². The maximum absolute atomic E-state index is 12.4. The molecular formula is C18H17N3O4S. The third-order valence-corrected chi connectivity index (χ3v) is 4.58. The first-order valence-electron chi connectivity index (χ1n) is 7.84. The first kappa shape index (κ1) is 17.8. The number of ether oxygens (including phenoxy) is 1. The molecule has 3 rings (SSSR count). The van der Waals surface area contributed by atoms with E-state index >= 15 is 0 Å². The second kappa shape index (κ2) is 7.11. The summed E-state index contributed by atoms with van der Waals surface area (Å²) in [7, 11) is -3.77. The van der Waals surface area contributed by atoms with E-state index in [1.165, 1.54) is 24.3 Å². The molecule has 7 nitrogen and oxygen atoms in total. The van der Waals surface area contributed by atoms with Gasteiger partial charge in [-0.15, -0.1) is 0 Å². The Labute approximate surface area is 150 Å². The number of anilines is 1. The van der Waals surface area contributed by atoms with E-state index < -0.39 is 15.9 Å². The van der Waals surface area contributed by atoms with Crippen molar-refractivity contribution in [1.82, 2.24) is 4.98 Å². The highest BCUT2D eigenvalue weighted by molar-refractivity contribution is 7.89. The van der Waals surface area contributed by atoms with Gasteiger partial charge < -0.3 is 10.1 Å². The smallest absolute Gasteiger partial charge is 0.274 e. The molecule has 8 heteroatoms. The summed E-state index contributed by atoms with van der Waals surface area (Å²) < 4.78 is 28.0. The van der Waals surface area contributed by atoms with Crippen LogP contribution in [-0.4, -0.2) is 25.9 Å². The Balaban J connectivity index is 1.82. The number of amides is 1. The van der Waals surface area contributed by atoms with Crippen molar-refractivity contribution in [3.63, 3.8) is 0 Å². The zero-order valence-corrected chi connectivity index (χ0v) is 14.8. The highest BCUT2D eigenvalue weighted by Crippen LogP contribution is 2.20. The second-order valence-electron chi connectivity index (χ2n) is 5.51. The van der Waals surface area contributed by atoms with Gasteiger partial charge in [-0.2, -0.15) is 0 Å². The molecule has 3 N–H and O–H groups in total. The van der Waals surface area contributed by atoms with Crippen LogP contribution >= 0.6 is 0 Å². The van der Waals surface area contributed by atoms with Crippen molar-refractivity contribution in [2.24, 2.45) is 5.14 Å². The normalized spacial score (nSPS) is 11.3. The van der Waals surface area contributed by atoms with E-state index in [0.717, 1.165) is 5.39 Å². The van der Waals surface area contributed by atoms with E-state index in [-0.39, 0.29) is 10.6 Å². The van der Waals surface area contributed by atoms with E-state index in [0.29, 0.717) is 23.6 Å². The molecule has 1 amide bonds. The Morgan fingerprint density at radius 3 is 2.46 bits per heavy atom. The molecule has 0 aliphatic heterocycles. The van der Waals surface area contributed by atoms with Crippen molar-refractivity contribution >= 4 is 32.5 Å². The molecule has 26 heavy (non-hydrogen) atoms. The van der Waals surface area contributed by atoms with Crippen molar-refractivity contribution in [3.8, 4) is 5.75 Å². The molecule has 0 unspecified atom stereocenters. The Hall–Kier alpha value is -2.97. The molecule has 0 aliphatic carbocycles. The number of primary sulfonamides is 1. The molecule has 0 spiro atoms. The molecule has 1 heterocycles. The minimum absolute atomic E-state index is 0.0252. The third kappa shape index (κ3) is 3.98. The maximum atomic E-state index is 12.4. The summed E-state index contributed by atoms with van der Waals surface area (Å²) >= 11 is 0. The average Bonchev–Trinajstić information content (AvgIpc) is 2.61. The average molecular weight is 371 g/mol. The molecule has 0 radical (unpaired) electrons. The van der Waals surface area contributed by atoms with Gasteiger partial charge in [-0.1, -0.05) is 6.07 Å². The van der Waals surface area contributed by atoms with Crippen LogP contribution in [0, 0.1) is 0 Å². The fraction of sp³-hybridized carbons (Fsp3) is 0.111. The van der Waals surface area contributed by atoms with Crippen LogP contribution in [0.5, 0.6) is 5.75 Å². The van der Waals surface area contributed by atoms with Gasteiger partial charge in [0.1, 0.15) is 11.4 Å². The number of benzene rings is 2. The number of aromatic nitrogens is 1. The lowest BCUT2D eigenvalue weighted by atomic mass is 10.2. The number of rotatable bonds is 5. The zero-order chi connectivity index (χ0) is 18.7. The monoisotopic (exact) mass is 371 g/mol. The Kier molecular flexibility index (Phi) is 4.88. The van der Waals surface area contributed by atoms with Gasteiger partial charge in [0.25, 0.3) is 5.91 Å². The van der Waals surface area contributed by atoms with Crippen molar-refractivity contribution in [2.75, 3.05) is 11.9 Å². The fourth-order valence-corrected chi connectivity index (χ4v) is 2.92. The van der Waals surface area contributed by atoms with Crippen LogP contribution in [0.4, 0.5) is 5.69 Å². The van der Waals surface area contributed by atoms with Crippen molar-refractivity contribution in [3.05, 3.63) is 60.3 Å². The van der Waals surface area contributed by atoms with E-state index in [4.69, 9.17) is 9.88 Å². The van der Waals surface area contributed by atoms with Crippen LogP contribution in [0.15, 0.2) is 59.5 Å². The van der Waals surface area contributed by atoms with Gasteiger partial charge in [0.15, 0.2) is 0 Å². The minimum Gasteiger partial charge on any atom is -0.494 e. The van der Waals surface area contributed by atoms with Crippen LogP contribution in [0.3, 0.4) is 0 Å². The Bertz CT molecular complexity index is 1060. The molecular weight excluding hydrogens is 354 g/mol. The fourth-order valence-electron chi connectivity index (χ4n) is 2.40. The van der Waals surface area contributed by atoms with Gasteiger partial charge in [0, 0.05) is 17.1 Å². The highest BCUT2D eigenvalue weighted by atomic mass is 32.2. The lowest BCUT2D eigenvalue weighted by Crippen LogP contribution is -2.14. The quantitative estimate of drug-likeness (QED) is 0.716. The zero-order valence-electron chi connectivity index (χ0n) is 14.0. The van der Waals surface area contributed by atoms with Crippen molar-refractivity contribution in [1.29, 1.82) is 0 Å². The molecule has 2 aromatic carbocycles. The van der Waals surface area contributed by atoms with E-state index in [1.807, 2.05) is 19.1 Å². The van der Waals surface area contributed by atoms with Gasteiger partial charge in [-0.3, -0.25) is 4.79 Å². The van der Waals surface area contributed by atoms with Gasteiger partial charge in [0.05, 0.1) is 17.0 Å². The van der Waals surface area contributed by atoms with E-state index in [1.54, 1.807) is 18.2 Å². The van der Waals surface area contributed by atoms with Crippen LogP contribution in [-0.2, 0) is 10.0 Å². The summed E-state index contributed by atoms with van der Waals surface area (Å²) in [6, 6.07) is 14.5. The summed E-state index contributed by atoms with van der Waals surface area (Å²) in [4.78, 5) is 16.7. The number of pyridine rings is 1. The van der Waals surface area contributed by atoms with Gasteiger partial charge in [-0.05, 0) is 49.4 Å². The van der Waals surface area contributed by atoms with Crippen molar-refractivity contribution < 1.29 is 17.9 Å². The van der Waals surface area contributed by atoms with E-state index in [9.17, 15) is 13.2 Å². The maximum Gasteiger partial charge on any atom is 0.274 e. The second-order valence-corrected chi connectivity index (χ2v) is 7.07. The topological polar surface area (TPSA) is 111 Å². The summed E-state index contributed by atoms with van der Waals surface area (Å²) in [5.41, 5.74) is 1.32. The third-order valence-electron chi connectivity index (χ3n) is 3.65. The molecule has 0 atom stereocenters. The number of sulfonamides is 1. The largest absolute Gasteiger partial charge is 0.494 e. The molecule has 0 saturated heterocycles. The molecule has 134 valence electrons. The number of fused-ring (bicyclic) bond motifs is 1. The summed E-state index contributed by atoms with van der Waals surface area (Å²) in [5, 5.41) is 8.61. The number of nitrogens with zero attached hydrogens (tertiary/aromatic N) is 1. The van der Waals surface area contributed by atoms with Gasteiger partial charge in [-0.25, -0.2) is 18.5 Å². The summed E-state index contributed by atoms with van der Waals surface area (Å²) in [6.45, 7) is 2.43. The lowest BCUT2D eigenvalue weighted by Gasteiger charge is -2.08. The van der Waals surface area contributed by atoms with Crippen LogP contribution in [0.25, 0.3) is 10.9 Å². The van der Waals surface area contributed by atoms with Gasteiger partial charge in [0.2, 0.25) is 10.0 Å². The SMILES string of the molecule is CCOc1ccc2ccc(C(=O)Nc3ccc(S(N)(=O)=O)cc3)nc2c1. The number of carbonyl (C=O) groups excluding carboxylic acids is 1. The molecule has 0 fully saturated rings. The van der Waals surface area contributed by atoms with Crippen LogP contribution in [0.1, 0.15) is 17.4 Å². The Morgan fingerprint density at radius 2 is 1.81 bits per heavy atom. The van der Waals surface area contributed by atoms with E-state index in [2.05, 4.69) is 10.3 Å². The molecule has 0 saturated carbocycles. The standard InChI is InChI=1S/C18H17N3O4S/c1-2-25-14-7-3-12-4-10-16(21-17(12)11-14)18(22)20-13-5-8-15(9-6-13)26(19,23)24/h3-11H,2H2,1H3,(H,20,22)(H2,19,23,24). The van der Waals surface area contributed by atoms with Crippen molar-refractivity contribution in [2.45, 2.75) is 11.8 Å². The number of nitrogens with one attached hydrogen (secondary N) is 1. The first-order valence-corrected chi connectivity index (χ1v) is 9.39. The Morgan fingerprint density at radius 1 is 1.12 bits per heavy atom. The summed E-state index contributed by atoms with van der Waals surface area (Å²) in [5.74, 6) is 0.278.